The zero-order chi connectivity index (χ0) is 5.21. The third-order valence-corrected chi connectivity index (χ3v) is 1.20. The van der Waals surface area contributed by atoms with Crippen LogP contribution in [0.2, 0.25) is 0 Å². The van der Waals surface area contributed by atoms with Crippen molar-refractivity contribution < 1.29 is 0 Å². The fourth-order valence-corrected chi connectivity index (χ4v) is 0. The smallest absolute Gasteiger partial charge is 0.0272 e. The van der Waals surface area contributed by atoms with Crippen LogP contribution in [-0.2, 0) is 0 Å². The molecule has 0 rings (SSSR count). The Labute approximate surface area is 56.7 Å². The zero-order valence-corrected chi connectivity index (χ0v) is 6.57. The summed E-state index contributed by atoms with van der Waals surface area (Å²) >= 11 is 5.48. The van der Waals surface area contributed by atoms with Gasteiger partial charge in [0.05, 0.1) is 0 Å². The van der Waals surface area contributed by atoms with Crippen LogP contribution < -0.4 is 0 Å². The SMILES string of the molecule is CC(C)(C)CCl.Cl. The molecule has 0 fully saturated rings. The van der Waals surface area contributed by atoms with E-state index in [0.29, 0.717) is 5.41 Å². The first-order valence-electron chi connectivity index (χ1n) is 2.12. The van der Waals surface area contributed by atoms with Crippen molar-refractivity contribution in [3.05, 3.63) is 0 Å². The maximum atomic E-state index is 5.48. The van der Waals surface area contributed by atoms with Crippen LogP contribution in [0.1, 0.15) is 20.8 Å². The van der Waals surface area contributed by atoms with E-state index in [1.54, 1.807) is 0 Å². The van der Waals surface area contributed by atoms with Crippen LogP contribution in [0.25, 0.3) is 0 Å². The van der Waals surface area contributed by atoms with E-state index in [9.17, 15) is 0 Å². The van der Waals surface area contributed by atoms with Gasteiger partial charge < -0.3 is 0 Å². The van der Waals surface area contributed by atoms with Crippen molar-refractivity contribution in [2.24, 2.45) is 5.41 Å². The molecule has 0 aromatic carbocycles. The largest absolute Gasteiger partial charge is 0.147 e. The second-order valence-corrected chi connectivity index (χ2v) is 2.96. The first-order valence-corrected chi connectivity index (χ1v) is 2.66. The molecule has 0 aliphatic heterocycles. The molecule has 0 N–H and O–H groups in total. The molecular formula is C5H12Cl2. The van der Waals surface area contributed by atoms with Gasteiger partial charge in [-0.05, 0) is 5.41 Å². The topological polar surface area (TPSA) is 0 Å². The number of alkyl halides is 1. The van der Waals surface area contributed by atoms with Crippen molar-refractivity contribution in [2.45, 2.75) is 20.8 Å². The standard InChI is InChI=1S/C5H11Cl.ClH/c1-5(2,3)4-6;/h4H2,1-3H3;1H. The van der Waals surface area contributed by atoms with Crippen molar-refractivity contribution >= 4 is 24.0 Å². The predicted molar refractivity (Wildman–Crippen MR) is 37.4 cm³/mol. The quantitative estimate of drug-likeness (QED) is 0.457. The summed E-state index contributed by atoms with van der Waals surface area (Å²) in [5.41, 5.74) is 0.307. The molecule has 0 radical (unpaired) electrons. The van der Waals surface area contributed by atoms with Gasteiger partial charge in [-0.3, -0.25) is 0 Å². The van der Waals surface area contributed by atoms with Gasteiger partial charge in [0.15, 0.2) is 0 Å². The Bertz CT molecular complexity index is 35.8. The average molecular weight is 143 g/mol. The van der Waals surface area contributed by atoms with E-state index < -0.39 is 0 Å². The van der Waals surface area contributed by atoms with Gasteiger partial charge in [0, 0.05) is 5.88 Å². The second-order valence-electron chi connectivity index (χ2n) is 2.69. The molecule has 0 heterocycles. The van der Waals surface area contributed by atoms with Gasteiger partial charge in [0.2, 0.25) is 0 Å². The fourth-order valence-electron chi connectivity index (χ4n) is 0. The zero-order valence-electron chi connectivity index (χ0n) is 4.99. The molecule has 0 spiro atoms. The number of rotatable bonds is 0. The lowest BCUT2D eigenvalue weighted by Crippen LogP contribution is -2.05. The van der Waals surface area contributed by atoms with Gasteiger partial charge in [-0.25, -0.2) is 0 Å². The van der Waals surface area contributed by atoms with Crippen LogP contribution in [-0.4, -0.2) is 5.88 Å². The van der Waals surface area contributed by atoms with Crippen LogP contribution in [0.4, 0.5) is 0 Å². The maximum Gasteiger partial charge on any atom is 0.0272 e. The minimum atomic E-state index is 0. The molecule has 0 unspecified atom stereocenters. The molecule has 0 aliphatic carbocycles. The predicted octanol–water partition coefficient (Wildman–Crippen LogP) is 2.69. The summed E-state index contributed by atoms with van der Waals surface area (Å²) in [6, 6.07) is 0. The maximum absolute atomic E-state index is 5.48. The Morgan fingerprint density at radius 3 is 1.43 bits per heavy atom. The van der Waals surface area contributed by atoms with Gasteiger partial charge in [-0.1, -0.05) is 20.8 Å². The monoisotopic (exact) mass is 142 g/mol. The van der Waals surface area contributed by atoms with Gasteiger partial charge in [0.1, 0.15) is 0 Å². The number of hydrogen-bond acceptors (Lipinski definition) is 0. The summed E-state index contributed by atoms with van der Waals surface area (Å²) in [6.07, 6.45) is 0. The summed E-state index contributed by atoms with van der Waals surface area (Å²) in [4.78, 5) is 0. The highest BCUT2D eigenvalue weighted by atomic mass is 35.5. The lowest BCUT2D eigenvalue weighted by Gasteiger charge is -2.10. The highest BCUT2D eigenvalue weighted by Gasteiger charge is 2.05. The summed E-state index contributed by atoms with van der Waals surface area (Å²) in [6.45, 7) is 6.33. The molecule has 7 heavy (non-hydrogen) atoms. The molecule has 2 heteroatoms. The number of halogens is 2. The molecule has 46 valence electrons. The lowest BCUT2D eigenvalue weighted by molar-refractivity contribution is 0.477. The molecule has 0 amide bonds. The molecule has 0 atom stereocenters. The molecule has 0 saturated heterocycles. The Balaban J connectivity index is 0. The van der Waals surface area contributed by atoms with E-state index in [4.69, 9.17) is 11.6 Å². The molecule has 0 aromatic heterocycles. The minimum absolute atomic E-state index is 0. The first-order chi connectivity index (χ1) is 2.56. The normalized spacial score (nSPS) is 10.3. The van der Waals surface area contributed by atoms with Crippen molar-refractivity contribution in [2.75, 3.05) is 5.88 Å². The Morgan fingerprint density at radius 2 is 1.43 bits per heavy atom. The average Bonchev–Trinajstić information content (AvgIpc) is 1.35. The Kier molecular flexibility index (Phi) is 5.37. The van der Waals surface area contributed by atoms with Crippen LogP contribution in [0.15, 0.2) is 0 Å². The lowest BCUT2D eigenvalue weighted by atomic mass is 10.0. The van der Waals surface area contributed by atoms with E-state index in [0.717, 1.165) is 5.88 Å². The van der Waals surface area contributed by atoms with Crippen LogP contribution in [0.5, 0.6) is 0 Å². The molecule has 0 aliphatic rings. The van der Waals surface area contributed by atoms with Gasteiger partial charge >= 0.3 is 0 Å². The summed E-state index contributed by atoms with van der Waals surface area (Å²) < 4.78 is 0. The van der Waals surface area contributed by atoms with Crippen LogP contribution in [0, 0.1) is 5.41 Å². The summed E-state index contributed by atoms with van der Waals surface area (Å²) in [7, 11) is 0. The van der Waals surface area contributed by atoms with Crippen molar-refractivity contribution in [1.29, 1.82) is 0 Å². The Morgan fingerprint density at radius 1 is 1.29 bits per heavy atom. The molecule has 0 nitrogen and oxygen atoms in total. The van der Waals surface area contributed by atoms with Gasteiger partial charge in [-0.2, -0.15) is 0 Å². The van der Waals surface area contributed by atoms with E-state index in [1.807, 2.05) is 0 Å². The molecule has 0 saturated carbocycles. The number of hydrogen-bond donors (Lipinski definition) is 0. The van der Waals surface area contributed by atoms with E-state index in [-0.39, 0.29) is 12.4 Å². The molecular weight excluding hydrogens is 131 g/mol. The van der Waals surface area contributed by atoms with Crippen LogP contribution in [0.3, 0.4) is 0 Å². The Hall–Kier alpha value is 0.580. The first kappa shape index (κ1) is 10.5. The molecule has 0 aromatic rings. The van der Waals surface area contributed by atoms with Crippen molar-refractivity contribution in [3.8, 4) is 0 Å². The third kappa shape index (κ3) is 10.8. The highest BCUT2D eigenvalue weighted by molar-refractivity contribution is 6.18. The van der Waals surface area contributed by atoms with Crippen molar-refractivity contribution in [1.82, 2.24) is 0 Å². The minimum Gasteiger partial charge on any atom is -0.147 e. The van der Waals surface area contributed by atoms with Crippen molar-refractivity contribution in [3.63, 3.8) is 0 Å². The van der Waals surface area contributed by atoms with Gasteiger partial charge in [0.25, 0.3) is 0 Å². The van der Waals surface area contributed by atoms with Gasteiger partial charge in [-0.15, -0.1) is 24.0 Å². The van der Waals surface area contributed by atoms with E-state index >= 15 is 0 Å². The highest BCUT2D eigenvalue weighted by Crippen LogP contribution is 2.13. The fraction of sp³-hybridized carbons (Fsp3) is 1.00. The third-order valence-electron chi connectivity index (χ3n) is 0.401. The van der Waals surface area contributed by atoms with E-state index in [2.05, 4.69) is 20.8 Å². The molecule has 0 bridgehead atoms. The summed E-state index contributed by atoms with van der Waals surface area (Å²) in [5, 5.41) is 0. The van der Waals surface area contributed by atoms with Crippen LogP contribution >= 0.6 is 24.0 Å². The second kappa shape index (κ2) is 3.57. The van der Waals surface area contributed by atoms with E-state index in [1.165, 1.54) is 0 Å². The summed E-state index contributed by atoms with van der Waals surface area (Å²) in [5.74, 6) is 0.743.